The van der Waals surface area contributed by atoms with E-state index in [4.69, 9.17) is 5.73 Å². The molecule has 3 N–H and O–H groups in total. The van der Waals surface area contributed by atoms with Crippen LogP contribution < -0.4 is 15.8 Å². The van der Waals surface area contributed by atoms with Gasteiger partial charge in [0.25, 0.3) is 0 Å². The Morgan fingerprint density at radius 2 is 1.90 bits per heavy atom. The van der Waals surface area contributed by atoms with Crippen LogP contribution in [0.5, 0.6) is 5.75 Å². The van der Waals surface area contributed by atoms with Crippen LogP contribution in [-0.2, 0) is 0 Å². The Hall–Kier alpha value is -1.89. The number of rotatable bonds is 3. The number of anilines is 3. The van der Waals surface area contributed by atoms with Crippen LogP contribution in [0.2, 0.25) is 0 Å². The fourth-order valence-electron chi connectivity index (χ4n) is 1.79. The van der Waals surface area contributed by atoms with Gasteiger partial charge in [-0.15, -0.1) is 13.2 Å². The van der Waals surface area contributed by atoms with E-state index in [9.17, 15) is 13.2 Å². The predicted octanol–water partition coefficient (Wildman–Crippen LogP) is 4.98. The molecule has 2 rings (SSSR count). The minimum atomic E-state index is -4.72. The third-order valence-electron chi connectivity index (χ3n) is 2.73. The van der Waals surface area contributed by atoms with E-state index >= 15 is 0 Å². The molecule has 0 bridgehead atoms. The first-order valence-electron chi connectivity index (χ1n) is 5.93. The molecule has 0 aliphatic rings. The van der Waals surface area contributed by atoms with Crippen molar-refractivity contribution in [2.24, 2.45) is 0 Å². The standard InChI is InChI=1S/C14H12BrF3N2O/c1-8-3-2-4-11(19)13(8)20-9-5-6-12(10(15)7-9)21-14(16,17)18/h2-7,20H,19H2,1H3. The monoisotopic (exact) mass is 360 g/mol. The molecule has 7 heteroatoms. The van der Waals surface area contributed by atoms with Gasteiger partial charge < -0.3 is 15.8 Å². The highest BCUT2D eigenvalue weighted by atomic mass is 79.9. The number of aryl methyl sites for hydroxylation is 1. The lowest BCUT2D eigenvalue weighted by atomic mass is 10.1. The summed E-state index contributed by atoms with van der Waals surface area (Å²) in [5.41, 5.74) is 8.67. The quantitative estimate of drug-likeness (QED) is 0.758. The summed E-state index contributed by atoms with van der Waals surface area (Å²) in [4.78, 5) is 0. The summed E-state index contributed by atoms with van der Waals surface area (Å²) in [6.45, 7) is 1.88. The number of benzene rings is 2. The van der Waals surface area contributed by atoms with E-state index in [2.05, 4.69) is 26.0 Å². The number of nitrogen functional groups attached to an aromatic ring is 1. The lowest BCUT2D eigenvalue weighted by molar-refractivity contribution is -0.274. The van der Waals surface area contributed by atoms with Crippen LogP contribution in [0, 0.1) is 6.92 Å². The average molecular weight is 361 g/mol. The first-order chi connectivity index (χ1) is 9.76. The molecule has 0 atom stereocenters. The second kappa shape index (κ2) is 5.85. The van der Waals surface area contributed by atoms with E-state index in [1.165, 1.54) is 18.2 Å². The van der Waals surface area contributed by atoms with Gasteiger partial charge in [-0.05, 0) is 52.7 Å². The molecule has 0 saturated heterocycles. The lowest BCUT2D eigenvalue weighted by Gasteiger charge is -2.14. The third-order valence-corrected chi connectivity index (χ3v) is 3.35. The number of para-hydroxylation sites is 1. The van der Waals surface area contributed by atoms with Gasteiger partial charge >= 0.3 is 6.36 Å². The highest BCUT2D eigenvalue weighted by molar-refractivity contribution is 9.10. The van der Waals surface area contributed by atoms with Crippen molar-refractivity contribution in [3.63, 3.8) is 0 Å². The van der Waals surface area contributed by atoms with E-state index in [1.54, 1.807) is 6.07 Å². The molecule has 0 spiro atoms. The van der Waals surface area contributed by atoms with E-state index in [-0.39, 0.29) is 10.2 Å². The van der Waals surface area contributed by atoms with Gasteiger partial charge in [-0.25, -0.2) is 0 Å². The minimum Gasteiger partial charge on any atom is -0.405 e. The van der Waals surface area contributed by atoms with Crippen LogP contribution in [0.25, 0.3) is 0 Å². The number of nitrogens with two attached hydrogens (primary N) is 1. The average Bonchev–Trinajstić information content (AvgIpc) is 2.36. The van der Waals surface area contributed by atoms with Crippen molar-refractivity contribution >= 4 is 33.0 Å². The summed E-state index contributed by atoms with van der Waals surface area (Å²) >= 11 is 3.05. The fraction of sp³-hybridized carbons (Fsp3) is 0.143. The Morgan fingerprint density at radius 1 is 1.19 bits per heavy atom. The zero-order valence-corrected chi connectivity index (χ0v) is 12.5. The molecule has 21 heavy (non-hydrogen) atoms. The van der Waals surface area contributed by atoms with Crippen LogP contribution in [0.1, 0.15) is 5.56 Å². The maximum absolute atomic E-state index is 12.2. The van der Waals surface area contributed by atoms with Crippen LogP contribution in [0.4, 0.5) is 30.2 Å². The summed E-state index contributed by atoms with van der Waals surface area (Å²) in [6, 6.07) is 9.66. The fourth-order valence-corrected chi connectivity index (χ4v) is 2.25. The van der Waals surface area contributed by atoms with Crippen molar-refractivity contribution in [1.82, 2.24) is 0 Å². The summed E-state index contributed by atoms with van der Waals surface area (Å²) in [6.07, 6.45) is -4.72. The maximum Gasteiger partial charge on any atom is 0.573 e. The Balaban J connectivity index is 2.25. The normalized spacial score (nSPS) is 11.3. The molecule has 0 amide bonds. The van der Waals surface area contributed by atoms with Crippen molar-refractivity contribution in [3.05, 3.63) is 46.4 Å². The van der Waals surface area contributed by atoms with Crippen molar-refractivity contribution in [3.8, 4) is 5.75 Å². The molecular weight excluding hydrogens is 349 g/mol. The summed E-state index contributed by atoms with van der Waals surface area (Å²) in [7, 11) is 0. The zero-order chi connectivity index (χ0) is 15.6. The van der Waals surface area contributed by atoms with Crippen molar-refractivity contribution < 1.29 is 17.9 Å². The van der Waals surface area contributed by atoms with Crippen LogP contribution >= 0.6 is 15.9 Å². The van der Waals surface area contributed by atoms with Crippen molar-refractivity contribution in [2.75, 3.05) is 11.1 Å². The molecule has 2 aromatic rings. The maximum atomic E-state index is 12.2. The minimum absolute atomic E-state index is 0.192. The van der Waals surface area contributed by atoms with Gasteiger partial charge in [0.05, 0.1) is 15.8 Å². The van der Waals surface area contributed by atoms with Gasteiger partial charge in [0, 0.05) is 5.69 Å². The highest BCUT2D eigenvalue weighted by Crippen LogP contribution is 2.34. The molecule has 0 aliphatic carbocycles. The molecule has 2 aromatic carbocycles. The Kier molecular flexibility index (Phi) is 4.32. The number of nitrogens with one attached hydrogen (secondary N) is 1. The van der Waals surface area contributed by atoms with E-state index in [1.807, 2.05) is 19.1 Å². The van der Waals surface area contributed by atoms with Gasteiger partial charge in [-0.2, -0.15) is 0 Å². The molecule has 0 unspecified atom stereocenters. The summed E-state index contributed by atoms with van der Waals surface area (Å²) < 4.78 is 40.7. The SMILES string of the molecule is Cc1cccc(N)c1Nc1ccc(OC(F)(F)F)c(Br)c1. The van der Waals surface area contributed by atoms with Crippen LogP contribution in [0.15, 0.2) is 40.9 Å². The van der Waals surface area contributed by atoms with Gasteiger partial charge in [-0.3, -0.25) is 0 Å². The Morgan fingerprint density at radius 3 is 2.48 bits per heavy atom. The highest BCUT2D eigenvalue weighted by Gasteiger charge is 2.31. The first-order valence-corrected chi connectivity index (χ1v) is 6.73. The van der Waals surface area contributed by atoms with Gasteiger partial charge in [-0.1, -0.05) is 12.1 Å². The molecule has 0 radical (unpaired) electrons. The molecule has 0 saturated carbocycles. The number of ether oxygens (including phenoxy) is 1. The molecule has 0 aromatic heterocycles. The predicted molar refractivity (Wildman–Crippen MR) is 79.7 cm³/mol. The molecule has 112 valence electrons. The molecule has 0 fully saturated rings. The number of halogens is 4. The zero-order valence-electron chi connectivity index (χ0n) is 11.0. The first kappa shape index (κ1) is 15.5. The Labute approximate surface area is 128 Å². The van der Waals surface area contributed by atoms with Crippen molar-refractivity contribution in [1.29, 1.82) is 0 Å². The second-order valence-electron chi connectivity index (χ2n) is 4.36. The number of hydrogen-bond donors (Lipinski definition) is 2. The summed E-state index contributed by atoms with van der Waals surface area (Å²) in [5.74, 6) is -0.300. The Bertz CT molecular complexity index is 639. The van der Waals surface area contributed by atoms with Gasteiger partial charge in [0.2, 0.25) is 0 Å². The molecule has 0 heterocycles. The summed E-state index contributed by atoms with van der Waals surface area (Å²) in [5, 5.41) is 3.08. The molecule has 3 nitrogen and oxygen atoms in total. The van der Waals surface area contributed by atoms with E-state index in [0.29, 0.717) is 17.1 Å². The van der Waals surface area contributed by atoms with Crippen molar-refractivity contribution in [2.45, 2.75) is 13.3 Å². The van der Waals surface area contributed by atoms with Gasteiger partial charge in [0.1, 0.15) is 5.75 Å². The van der Waals surface area contributed by atoms with E-state index in [0.717, 1.165) is 5.56 Å². The molecular formula is C14H12BrF3N2O. The molecule has 0 aliphatic heterocycles. The van der Waals surface area contributed by atoms with Crippen LogP contribution in [-0.4, -0.2) is 6.36 Å². The topological polar surface area (TPSA) is 47.3 Å². The van der Waals surface area contributed by atoms with E-state index < -0.39 is 6.36 Å². The largest absolute Gasteiger partial charge is 0.573 e. The van der Waals surface area contributed by atoms with Gasteiger partial charge in [0.15, 0.2) is 0 Å². The number of hydrogen-bond acceptors (Lipinski definition) is 3. The number of alkyl halides is 3. The third kappa shape index (κ3) is 4.04. The smallest absolute Gasteiger partial charge is 0.405 e. The van der Waals surface area contributed by atoms with Crippen LogP contribution in [0.3, 0.4) is 0 Å². The second-order valence-corrected chi connectivity index (χ2v) is 5.21. The lowest BCUT2D eigenvalue weighted by Crippen LogP contribution is -2.17.